The summed E-state index contributed by atoms with van der Waals surface area (Å²) in [4.78, 5) is 0. The van der Waals surface area contributed by atoms with Crippen LogP contribution in [-0.2, 0) is 6.42 Å². The van der Waals surface area contributed by atoms with Crippen LogP contribution in [0, 0.1) is 6.92 Å². The summed E-state index contributed by atoms with van der Waals surface area (Å²) in [7, 11) is 0. The third kappa shape index (κ3) is 3.95. The lowest BCUT2D eigenvalue weighted by atomic mass is 10.1. The van der Waals surface area contributed by atoms with E-state index in [1.807, 2.05) is 0 Å². The molecule has 0 radical (unpaired) electrons. The minimum Gasteiger partial charge on any atom is -0.311 e. The first-order chi connectivity index (χ1) is 6.70. The topological polar surface area (TPSA) is 12.0 Å². The zero-order chi connectivity index (χ0) is 10.4. The molecule has 1 aromatic carbocycles. The van der Waals surface area contributed by atoms with Gasteiger partial charge in [-0.1, -0.05) is 42.4 Å². The van der Waals surface area contributed by atoms with Gasteiger partial charge < -0.3 is 5.32 Å². The van der Waals surface area contributed by atoms with Crippen molar-refractivity contribution in [3.8, 4) is 0 Å². The van der Waals surface area contributed by atoms with E-state index in [0.29, 0.717) is 11.6 Å². The maximum atomic E-state index is 5.63. The summed E-state index contributed by atoms with van der Waals surface area (Å²) in [5.41, 5.74) is 2.74. The Labute approximate surface area is 90.8 Å². The van der Waals surface area contributed by atoms with Gasteiger partial charge in [-0.2, -0.15) is 0 Å². The minimum atomic E-state index is 0.662. The van der Waals surface area contributed by atoms with E-state index in [1.54, 1.807) is 0 Å². The summed E-state index contributed by atoms with van der Waals surface area (Å²) < 4.78 is 0. The molecule has 0 aromatic heterocycles. The molecule has 0 bridgehead atoms. The molecular weight excluding hydrogens is 194 g/mol. The summed E-state index contributed by atoms with van der Waals surface area (Å²) in [6, 6.07) is 8.43. The van der Waals surface area contributed by atoms with Crippen molar-refractivity contribution in [2.75, 3.05) is 13.1 Å². The van der Waals surface area contributed by atoms with E-state index >= 15 is 0 Å². The van der Waals surface area contributed by atoms with Gasteiger partial charge >= 0.3 is 0 Å². The van der Waals surface area contributed by atoms with Crippen molar-refractivity contribution in [3.05, 3.63) is 47.0 Å². The van der Waals surface area contributed by atoms with Crippen LogP contribution in [0.15, 0.2) is 35.9 Å². The number of nitrogens with one attached hydrogen (secondary N) is 1. The summed E-state index contributed by atoms with van der Waals surface area (Å²) in [6.45, 7) is 7.38. The van der Waals surface area contributed by atoms with Crippen molar-refractivity contribution in [2.24, 2.45) is 0 Å². The number of aryl methyl sites for hydroxylation is 1. The second-order valence-electron chi connectivity index (χ2n) is 3.37. The maximum Gasteiger partial charge on any atom is 0.0307 e. The number of rotatable bonds is 5. The first-order valence-corrected chi connectivity index (χ1v) is 5.16. The Kier molecular flexibility index (Phi) is 4.71. The van der Waals surface area contributed by atoms with Crippen LogP contribution < -0.4 is 5.32 Å². The van der Waals surface area contributed by atoms with Crippen molar-refractivity contribution in [1.82, 2.24) is 5.32 Å². The summed E-state index contributed by atoms with van der Waals surface area (Å²) in [6.07, 6.45) is 1.04. The number of hydrogen-bond donors (Lipinski definition) is 1. The van der Waals surface area contributed by atoms with E-state index in [1.165, 1.54) is 11.1 Å². The Balaban J connectivity index is 2.31. The lowest BCUT2D eigenvalue weighted by Crippen LogP contribution is -2.18. The van der Waals surface area contributed by atoms with Crippen LogP contribution in [-0.4, -0.2) is 13.1 Å². The van der Waals surface area contributed by atoms with Gasteiger partial charge in [0.2, 0.25) is 0 Å². The van der Waals surface area contributed by atoms with Gasteiger partial charge in [0.15, 0.2) is 0 Å². The molecule has 14 heavy (non-hydrogen) atoms. The Morgan fingerprint density at radius 2 is 2.14 bits per heavy atom. The van der Waals surface area contributed by atoms with E-state index in [-0.39, 0.29) is 0 Å². The number of hydrogen-bond acceptors (Lipinski definition) is 1. The molecule has 1 rings (SSSR count). The fourth-order valence-corrected chi connectivity index (χ4v) is 1.43. The van der Waals surface area contributed by atoms with Crippen molar-refractivity contribution in [2.45, 2.75) is 13.3 Å². The predicted octanol–water partition coefficient (Wildman–Crippen LogP) is 2.88. The molecule has 0 aliphatic heterocycles. The highest BCUT2D eigenvalue weighted by Gasteiger charge is 1.96. The predicted molar refractivity (Wildman–Crippen MR) is 62.7 cm³/mol. The highest BCUT2D eigenvalue weighted by Crippen LogP contribution is 2.06. The fraction of sp³-hybridized carbons (Fsp3) is 0.333. The molecule has 1 nitrogen and oxygen atoms in total. The lowest BCUT2D eigenvalue weighted by Gasteiger charge is -2.06. The lowest BCUT2D eigenvalue weighted by molar-refractivity contribution is 0.738. The van der Waals surface area contributed by atoms with Crippen molar-refractivity contribution < 1.29 is 0 Å². The van der Waals surface area contributed by atoms with Gasteiger partial charge in [-0.05, 0) is 31.0 Å². The zero-order valence-electron chi connectivity index (χ0n) is 8.52. The van der Waals surface area contributed by atoms with E-state index in [9.17, 15) is 0 Å². The van der Waals surface area contributed by atoms with Crippen molar-refractivity contribution in [3.63, 3.8) is 0 Å². The molecule has 2 heteroatoms. The molecule has 76 valence electrons. The van der Waals surface area contributed by atoms with Gasteiger partial charge in [0.1, 0.15) is 0 Å². The molecule has 0 saturated heterocycles. The average Bonchev–Trinajstić information content (AvgIpc) is 2.15. The number of benzene rings is 1. The Morgan fingerprint density at radius 1 is 1.43 bits per heavy atom. The SMILES string of the molecule is C=C(Cl)CNCCc1ccccc1C. The van der Waals surface area contributed by atoms with Gasteiger partial charge in [0.05, 0.1) is 0 Å². The van der Waals surface area contributed by atoms with Crippen LogP contribution in [0.5, 0.6) is 0 Å². The largest absolute Gasteiger partial charge is 0.311 e. The van der Waals surface area contributed by atoms with E-state index in [2.05, 4.69) is 43.1 Å². The van der Waals surface area contributed by atoms with E-state index in [4.69, 9.17) is 11.6 Å². The molecule has 0 amide bonds. The van der Waals surface area contributed by atoms with Crippen molar-refractivity contribution in [1.29, 1.82) is 0 Å². The molecule has 1 aromatic rings. The molecule has 0 atom stereocenters. The molecule has 0 aliphatic rings. The highest BCUT2D eigenvalue weighted by molar-refractivity contribution is 6.29. The first kappa shape index (κ1) is 11.3. The van der Waals surface area contributed by atoms with Gasteiger partial charge in [-0.15, -0.1) is 0 Å². The third-order valence-electron chi connectivity index (χ3n) is 2.15. The second kappa shape index (κ2) is 5.84. The summed E-state index contributed by atoms with van der Waals surface area (Å²) in [5, 5.41) is 3.89. The van der Waals surface area contributed by atoms with Crippen LogP contribution in [0.2, 0.25) is 0 Å². The van der Waals surface area contributed by atoms with E-state index < -0.39 is 0 Å². The summed E-state index contributed by atoms with van der Waals surface area (Å²) >= 11 is 5.63. The molecule has 1 N–H and O–H groups in total. The van der Waals surface area contributed by atoms with Gasteiger partial charge in [-0.3, -0.25) is 0 Å². The first-order valence-electron chi connectivity index (χ1n) is 4.78. The van der Waals surface area contributed by atoms with Gasteiger partial charge in [0.25, 0.3) is 0 Å². The molecule has 0 aliphatic carbocycles. The smallest absolute Gasteiger partial charge is 0.0307 e. The van der Waals surface area contributed by atoms with Gasteiger partial charge in [0, 0.05) is 11.6 Å². The Bertz CT molecular complexity index is 307. The van der Waals surface area contributed by atoms with Crippen LogP contribution in [0.1, 0.15) is 11.1 Å². The molecule has 0 heterocycles. The van der Waals surface area contributed by atoms with Crippen LogP contribution in [0.4, 0.5) is 0 Å². The van der Waals surface area contributed by atoms with Crippen LogP contribution in [0.25, 0.3) is 0 Å². The van der Waals surface area contributed by atoms with Crippen molar-refractivity contribution >= 4 is 11.6 Å². The minimum absolute atomic E-state index is 0.662. The quantitative estimate of drug-likeness (QED) is 0.736. The second-order valence-corrected chi connectivity index (χ2v) is 3.91. The maximum absolute atomic E-state index is 5.63. The third-order valence-corrected chi connectivity index (χ3v) is 2.28. The van der Waals surface area contributed by atoms with Crippen LogP contribution >= 0.6 is 11.6 Å². The number of halogens is 1. The average molecular weight is 210 g/mol. The molecule has 0 spiro atoms. The fourth-order valence-electron chi connectivity index (χ4n) is 1.34. The van der Waals surface area contributed by atoms with E-state index in [0.717, 1.165) is 13.0 Å². The zero-order valence-corrected chi connectivity index (χ0v) is 9.27. The molecule has 0 unspecified atom stereocenters. The highest BCUT2D eigenvalue weighted by atomic mass is 35.5. The monoisotopic (exact) mass is 209 g/mol. The Morgan fingerprint density at radius 3 is 2.79 bits per heavy atom. The molecular formula is C12H16ClN. The Hall–Kier alpha value is -0.790. The normalized spacial score (nSPS) is 10.1. The molecule has 0 fully saturated rings. The molecule has 0 saturated carbocycles. The van der Waals surface area contributed by atoms with Gasteiger partial charge in [-0.25, -0.2) is 0 Å². The summed E-state index contributed by atoms with van der Waals surface area (Å²) in [5.74, 6) is 0. The van der Waals surface area contributed by atoms with Crippen LogP contribution in [0.3, 0.4) is 0 Å². The standard InChI is InChI=1S/C12H16ClN/c1-10-5-3-4-6-12(10)7-8-14-9-11(2)13/h3-6,14H,2,7-9H2,1H3.